The molecule has 0 bridgehead atoms. The van der Waals surface area contributed by atoms with Crippen LogP contribution in [0.3, 0.4) is 0 Å². The Morgan fingerprint density at radius 3 is 2.00 bits per heavy atom. The Labute approximate surface area is 122 Å². The fourth-order valence-corrected chi connectivity index (χ4v) is 2.94. The van der Waals surface area contributed by atoms with Gasteiger partial charge in [-0.3, -0.25) is 0 Å². The van der Waals surface area contributed by atoms with Crippen LogP contribution in [0.25, 0.3) is 0 Å². The average molecular weight is 268 g/mol. The van der Waals surface area contributed by atoms with E-state index in [1.165, 1.54) is 11.1 Å². The predicted octanol–water partition coefficient (Wildman–Crippen LogP) is 4.65. The van der Waals surface area contributed by atoms with Crippen molar-refractivity contribution in [3.63, 3.8) is 0 Å². The van der Waals surface area contributed by atoms with Gasteiger partial charge in [0.25, 0.3) is 0 Å². The number of aryl methyl sites for hydroxylation is 4. The topological polar surface area (TPSA) is 20.2 Å². The molecule has 0 fully saturated rings. The fraction of sp³-hybridized carbons (Fsp3) is 0.368. The molecule has 0 aliphatic carbocycles. The monoisotopic (exact) mass is 268 g/mol. The second-order valence-corrected chi connectivity index (χ2v) is 5.71. The Hall–Kier alpha value is -1.60. The van der Waals surface area contributed by atoms with E-state index >= 15 is 0 Å². The van der Waals surface area contributed by atoms with Gasteiger partial charge in [-0.1, -0.05) is 55.3 Å². The predicted molar refractivity (Wildman–Crippen MR) is 85.2 cm³/mol. The molecule has 0 saturated heterocycles. The van der Waals surface area contributed by atoms with Gasteiger partial charge >= 0.3 is 0 Å². The first-order chi connectivity index (χ1) is 9.52. The lowest BCUT2D eigenvalue weighted by Gasteiger charge is -2.18. The molecule has 0 amide bonds. The molecule has 20 heavy (non-hydrogen) atoms. The quantitative estimate of drug-likeness (QED) is 0.856. The van der Waals surface area contributed by atoms with Gasteiger partial charge in [0.1, 0.15) is 6.10 Å². The standard InChI is InChI=1S/C19H24O/c1-5-6-16-7-9-17(10-8-16)19(20)18-14(3)11-13(2)12-15(18)4/h7-12,19-20H,5-6H2,1-4H3. The molecule has 0 saturated carbocycles. The van der Waals surface area contributed by atoms with Crippen molar-refractivity contribution in [1.82, 2.24) is 0 Å². The third-order valence-electron chi connectivity index (χ3n) is 3.85. The molecule has 1 unspecified atom stereocenters. The third-order valence-corrected chi connectivity index (χ3v) is 3.85. The van der Waals surface area contributed by atoms with Crippen molar-refractivity contribution in [2.24, 2.45) is 0 Å². The zero-order valence-electron chi connectivity index (χ0n) is 12.9. The lowest BCUT2D eigenvalue weighted by Crippen LogP contribution is -2.05. The number of aliphatic hydroxyl groups excluding tert-OH is 1. The lowest BCUT2D eigenvalue weighted by atomic mass is 9.91. The smallest absolute Gasteiger partial charge is 0.105 e. The molecule has 1 nitrogen and oxygen atoms in total. The van der Waals surface area contributed by atoms with E-state index in [2.05, 4.69) is 52.0 Å². The van der Waals surface area contributed by atoms with Crippen LogP contribution >= 0.6 is 0 Å². The number of rotatable bonds is 4. The number of benzene rings is 2. The summed E-state index contributed by atoms with van der Waals surface area (Å²) in [5, 5.41) is 10.7. The minimum absolute atomic E-state index is 0.536. The van der Waals surface area contributed by atoms with E-state index < -0.39 is 6.10 Å². The molecule has 1 atom stereocenters. The van der Waals surface area contributed by atoms with Crippen LogP contribution in [0.15, 0.2) is 36.4 Å². The first-order valence-corrected chi connectivity index (χ1v) is 7.37. The number of aliphatic hydroxyl groups is 1. The second kappa shape index (κ2) is 6.23. The maximum Gasteiger partial charge on any atom is 0.105 e. The average Bonchev–Trinajstić information content (AvgIpc) is 2.38. The zero-order chi connectivity index (χ0) is 14.7. The summed E-state index contributed by atoms with van der Waals surface area (Å²) < 4.78 is 0. The molecular formula is C19H24O. The fourth-order valence-electron chi connectivity index (χ4n) is 2.94. The van der Waals surface area contributed by atoms with Gasteiger partial charge in [0, 0.05) is 0 Å². The Morgan fingerprint density at radius 1 is 0.950 bits per heavy atom. The minimum atomic E-state index is -0.536. The first-order valence-electron chi connectivity index (χ1n) is 7.37. The minimum Gasteiger partial charge on any atom is -0.384 e. The van der Waals surface area contributed by atoms with E-state index in [1.54, 1.807) is 0 Å². The summed E-state index contributed by atoms with van der Waals surface area (Å²) >= 11 is 0. The number of hydrogen-bond donors (Lipinski definition) is 1. The van der Waals surface area contributed by atoms with Crippen LogP contribution in [-0.2, 0) is 6.42 Å². The Balaban J connectivity index is 2.33. The molecule has 0 radical (unpaired) electrons. The summed E-state index contributed by atoms with van der Waals surface area (Å²) in [5.41, 5.74) is 6.91. The highest BCUT2D eigenvalue weighted by Gasteiger charge is 2.15. The maximum atomic E-state index is 10.7. The molecule has 0 aromatic heterocycles. The molecule has 0 heterocycles. The summed E-state index contributed by atoms with van der Waals surface area (Å²) in [4.78, 5) is 0. The number of hydrogen-bond acceptors (Lipinski definition) is 1. The van der Waals surface area contributed by atoms with Crippen molar-refractivity contribution in [3.05, 3.63) is 69.8 Å². The van der Waals surface area contributed by atoms with Gasteiger partial charge in [-0.15, -0.1) is 0 Å². The lowest BCUT2D eigenvalue weighted by molar-refractivity contribution is 0.218. The Morgan fingerprint density at radius 2 is 1.50 bits per heavy atom. The van der Waals surface area contributed by atoms with Crippen LogP contribution in [0, 0.1) is 20.8 Å². The van der Waals surface area contributed by atoms with Crippen LogP contribution in [-0.4, -0.2) is 5.11 Å². The van der Waals surface area contributed by atoms with Gasteiger partial charge < -0.3 is 5.11 Å². The van der Waals surface area contributed by atoms with Crippen LogP contribution in [0.5, 0.6) is 0 Å². The van der Waals surface area contributed by atoms with Gasteiger partial charge in [-0.25, -0.2) is 0 Å². The molecule has 0 aliphatic heterocycles. The summed E-state index contributed by atoms with van der Waals surface area (Å²) in [6.07, 6.45) is 1.71. The Bertz CT molecular complexity index is 558. The molecule has 2 aromatic carbocycles. The van der Waals surface area contributed by atoms with Gasteiger partial charge in [0.05, 0.1) is 0 Å². The van der Waals surface area contributed by atoms with E-state index in [-0.39, 0.29) is 0 Å². The van der Waals surface area contributed by atoms with Gasteiger partial charge in [-0.2, -0.15) is 0 Å². The van der Waals surface area contributed by atoms with Crippen LogP contribution in [0.4, 0.5) is 0 Å². The maximum absolute atomic E-state index is 10.7. The summed E-state index contributed by atoms with van der Waals surface area (Å²) in [6.45, 7) is 8.42. The van der Waals surface area contributed by atoms with Gasteiger partial charge in [0.2, 0.25) is 0 Å². The van der Waals surface area contributed by atoms with E-state index in [0.717, 1.165) is 35.1 Å². The zero-order valence-corrected chi connectivity index (χ0v) is 12.9. The van der Waals surface area contributed by atoms with Gasteiger partial charge in [-0.05, 0) is 55.0 Å². The molecule has 0 spiro atoms. The third kappa shape index (κ3) is 3.10. The molecule has 2 aromatic rings. The molecular weight excluding hydrogens is 244 g/mol. The van der Waals surface area contributed by atoms with Crippen molar-refractivity contribution in [1.29, 1.82) is 0 Å². The summed E-state index contributed by atoms with van der Waals surface area (Å²) in [6, 6.07) is 12.6. The second-order valence-electron chi connectivity index (χ2n) is 5.71. The SMILES string of the molecule is CCCc1ccc(C(O)c2c(C)cc(C)cc2C)cc1. The Kier molecular flexibility index (Phi) is 4.61. The van der Waals surface area contributed by atoms with Gasteiger partial charge in [0.15, 0.2) is 0 Å². The normalized spacial score (nSPS) is 12.4. The van der Waals surface area contributed by atoms with Crippen molar-refractivity contribution in [3.8, 4) is 0 Å². The van der Waals surface area contributed by atoms with Crippen molar-refractivity contribution < 1.29 is 5.11 Å². The van der Waals surface area contributed by atoms with Crippen LogP contribution in [0.2, 0.25) is 0 Å². The van der Waals surface area contributed by atoms with E-state index in [4.69, 9.17) is 0 Å². The molecule has 0 aliphatic rings. The van der Waals surface area contributed by atoms with E-state index in [0.29, 0.717) is 0 Å². The molecule has 106 valence electrons. The largest absolute Gasteiger partial charge is 0.384 e. The van der Waals surface area contributed by atoms with Crippen LogP contribution in [0.1, 0.15) is 52.8 Å². The molecule has 1 heteroatoms. The van der Waals surface area contributed by atoms with E-state index in [1.807, 2.05) is 12.1 Å². The highest BCUT2D eigenvalue weighted by molar-refractivity contribution is 5.43. The first kappa shape index (κ1) is 14.8. The summed E-state index contributed by atoms with van der Waals surface area (Å²) in [7, 11) is 0. The summed E-state index contributed by atoms with van der Waals surface area (Å²) in [5.74, 6) is 0. The van der Waals surface area contributed by atoms with Crippen LogP contribution < -0.4 is 0 Å². The van der Waals surface area contributed by atoms with Crippen molar-refractivity contribution in [2.45, 2.75) is 46.6 Å². The van der Waals surface area contributed by atoms with Crippen molar-refractivity contribution in [2.75, 3.05) is 0 Å². The molecule has 2 rings (SSSR count). The van der Waals surface area contributed by atoms with E-state index in [9.17, 15) is 5.11 Å². The highest BCUT2D eigenvalue weighted by atomic mass is 16.3. The molecule has 1 N–H and O–H groups in total. The highest BCUT2D eigenvalue weighted by Crippen LogP contribution is 2.29. The van der Waals surface area contributed by atoms with Crippen molar-refractivity contribution >= 4 is 0 Å².